The van der Waals surface area contributed by atoms with Crippen LogP contribution >= 0.6 is 0 Å². The molecule has 246 valence electrons. The summed E-state index contributed by atoms with van der Waals surface area (Å²) in [4.78, 5) is 10.4. The molecule has 52 heavy (non-hydrogen) atoms. The van der Waals surface area contributed by atoms with E-state index in [0.29, 0.717) is 5.82 Å². The van der Waals surface area contributed by atoms with Gasteiger partial charge in [0, 0.05) is 33.2 Å². The molecule has 2 heterocycles. The van der Waals surface area contributed by atoms with E-state index in [4.69, 9.17) is 9.97 Å². The fraction of sp³-hybridized carbons (Fsp3) is 0.0612. The smallest absolute Gasteiger partial charge is 0.160 e. The van der Waals surface area contributed by atoms with Crippen molar-refractivity contribution in [1.82, 2.24) is 14.5 Å². The highest BCUT2D eigenvalue weighted by molar-refractivity contribution is 6.09. The van der Waals surface area contributed by atoms with Crippen molar-refractivity contribution in [2.45, 2.75) is 19.3 Å². The summed E-state index contributed by atoms with van der Waals surface area (Å²) in [5.41, 5.74) is 16.5. The van der Waals surface area contributed by atoms with Gasteiger partial charge < -0.3 is 4.57 Å². The monoisotopic (exact) mass is 665 g/mol. The summed E-state index contributed by atoms with van der Waals surface area (Å²) in [6.07, 6.45) is 10.1. The van der Waals surface area contributed by atoms with Crippen molar-refractivity contribution in [3.05, 3.63) is 198 Å². The summed E-state index contributed by atoms with van der Waals surface area (Å²) in [6, 6.07) is 56.2. The van der Waals surface area contributed by atoms with Crippen LogP contribution < -0.4 is 0 Å². The molecule has 3 nitrogen and oxygen atoms in total. The summed E-state index contributed by atoms with van der Waals surface area (Å²) in [5, 5.41) is 2.49. The number of aromatic nitrogens is 3. The van der Waals surface area contributed by atoms with Crippen LogP contribution in [-0.2, 0) is 6.42 Å². The largest absolute Gasteiger partial charge is 0.309 e. The molecule has 6 aromatic carbocycles. The predicted molar refractivity (Wildman–Crippen MR) is 216 cm³/mol. The van der Waals surface area contributed by atoms with Gasteiger partial charge in [0.05, 0.1) is 22.4 Å². The molecule has 0 saturated heterocycles. The summed E-state index contributed by atoms with van der Waals surface area (Å²) < 4.78 is 2.41. The number of allylic oxidation sites excluding steroid dienone is 5. The highest BCUT2D eigenvalue weighted by Gasteiger charge is 2.23. The zero-order valence-corrected chi connectivity index (χ0v) is 28.7. The van der Waals surface area contributed by atoms with Crippen LogP contribution in [0.4, 0.5) is 0 Å². The maximum atomic E-state index is 5.27. The molecule has 0 radical (unpaired) electrons. The second kappa shape index (κ2) is 12.6. The van der Waals surface area contributed by atoms with E-state index in [1.54, 1.807) is 0 Å². The average Bonchev–Trinajstić information content (AvgIpc) is 3.56. The van der Waals surface area contributed by atoms with Crippen LogP contribution in [0.5, 0.6) is 0 Å². The van der Waals surface area contributed by atoms with Crippen molar-refractivity contribution in [3.8, 4) is 39.6 Å². The molecule has 2 aliphatic carbocycles. The lowest BCUT2D eigenvalue weighted by atomic mass is 9.78. The maximum absolute atomic E-state index is 5.27. The van der Waals surface area contributed by atoms with Crippen LogP contribution in [0.25, 0.3) is 73.0 Å². The molecule has 0 amide bonds. The molecule has 10 rings (SSSR count). The number of nitrogens with zero attached hydrogens (tertiary/aromatic N) is 3. The summed E-state index contributed by atoms with van der Waals surface area (Å²) in [7, 11) is 0. The van der Waals surface area contributed by atoms with Gasteiger partial charge in [0.25, 0.3) is 0 Å². The first-order chi connectivity index (χ1) is 25.8. The van der Waals surface area contributed by atoms with Crippen molar-refractivity contribution in [3.63, 3.8) is 0 Å². The quantitative estimate of drug-likeness (QED) is 0.183. The first-order valence-corrected chi connectivity index (χ1v) is 18.1. The van der Waals surface area contributed by atoms with Gasteiger partial charge in [-0.2, -0.15) is 0 Å². The van der Waals surface area contributed by atoms with Crippen LogP contribution in [0, 0.1) is 0 Å². The molecule has 0 spiro atoms. The molecule has 0 atom stereocenters. The topological polar surface area (TPSA) is 30.7 Å². The molecule has 2 aliphatic rings. The van der Waals surface area contributed by atoms with Crippen LogP contribution in [0.2, 0.25) is 0 Å². The van der Waals surface area contributed by atoms with E-state index in [0.717, 1.165) is 58.6 Å². The number of hydrogen-bond acceptors (Lipinski definition) is 2. The van der Waals surface area contributed by atoms with Gasteiger partial charge in [0.15, 0.2) is 5.82 Å². The number of para-hydroxylation sites is 2. The molecule has 0 fully saturated rings. The van der Waals surface area contributed by atoms with Gasteiger partial charge >= 0.3 is 0 Å². The first kappa shape index (κ1) is 30.3. The third-order valence-corrected chi connectivity index (χ3v) is 10.5. The number of fused-ring (bicyclic) bond motifs is 5. The van der Waals surface area contributed by atoms with Gasteiger partial charge in [-0.15, -0.1) is 0 Å². The van der Waals surface area contributed by atoms with Gasteiger partial charge in [0.1, 0.15) is 0 Å². The van der Waals surface area contributed by atoms with Crippen LogP contribution in [0.3, 0.4) is 0 Å². The van der Waals surface area contributed by atoms with Crippen LogP contribution in [-0.4, -0.2) is 14.5 Å². The van der Waals surface area contributed by atoms with Gasteiger partial charge in [-0.05, 0) is 89.1 Å². The molecule has 0 aliphatic heterocycles. The number of rotatable bonds is 5. The Labute approximate surface area is 303 Å². The molecule has 0 saturated carbocycles. The lowest BCUT2D eigenvalue weighted by Crippen LogP contribution is -2.09. The zero-order valence-electron chi connectivity index (χ0n) is 28.7. The fourth-order valence-electron chi connectivity index (χ4n) is 8.10. The zero-order chi connectivity index (χ0) is 34.4. The minimum Gasteiger partial charge on any atom is -0.309 e. The Kier molecular flexibility index (Phi) is 7.35. The minimum atomic E-state index is 0.715. The van der Waals surface area contributed by atoms with Crippen molar-refractivity contribution in [2.75, 3.05) is 0 Å². The first-order valence-electron chi connectivity index (χ1n) is 18.1. The summed E-state index contributed by atoms with van der Waals surface area (Å²) in [6.45, 7) is 0. The van der Waals surface area contributed by atoms with E-state index in [2.05, 4.69) is 156 Å². The second-order valence-corrected chi connectivity index (χ2v) is 13.7. The van der Waals surface area contributed by atoms with Gasteiger partial charge in [0.2, 0.25) is 0 Å². The van der Waals surface area contributed by atoms with Crippen LogP contribution in [0.1, 0.15) is 29.5 Å². The standard InChI is InChI=1S/C49H35N3/c1-3-15-34(16-4-1)45-32-46(51-49(50-45)35-17-5-2-6-18-35)38-28-33(27-37-30-36-19-7-8-20-40(36)42-22-10-9-21-41(37)42)29-39(31-38)52-47-25-13-11-23-43(47)44-24-12-14-26-48(44)52/h1-8,10-20,22-29,31-32H,9,21,30H2/b37-27-. The molecular formula is C49H35N3. The van der Waals surface area contributed by atoms with E-state index < -0.39 is 0 Å². The van der Waals surface area contributed by atoms with Crippen molar-refractivity contribution >= 4 is 33.5 Å². The second-order valence-electron chi connectivity index (χ2n) is 13.7. The Morgan fingerprint density at radius 1 is 0.558 bits per heavy atom. The molecule has 3 heteroatoms. The summed E-state index contributed by atoms with van der Waals surface area (Å²) >= 11 is 0. The fourth-order valence-corrected chi connectivity index (χ4v) is 8.10. The van der Waals surface area contributed by atoms with Gasteiger partial charge in [-0.25, -0.2) is 9.97 Å². The lowest BCUT2D eigenvalue weighted by Gasteiger charge is -2.27. The average molecular weight is 666 g/mol. The Balaban J connectivity index is 1.23. The predicted octanol–water partition coefficient (Wildman–Crippen LogP) is 12.3. The minimum absolute atomic E-state index is 0.715. The van der Waals surface area contributed by atoms with E-state index in [-0.39, 0.29) is 0 Å². The Bertz CT molecular complexity index is 2640. The number of benzene rings is 6. The van der Waals surface area contributed by atoms with Gasteiger partial charge in [-0.3, -0.25) is 0 Å². The van der Waals surface area contributed by atoms with Crippen molar-refractivity contribution in [1.29, 1.82) is 0 Å². The Morgan fingerprint density at radius 3 is 1.94 bits per heavy atom. The SMILES string of the molecule is C1=CC2=C(CC1)/C(=C\c1cc(-c3cc(-c4ccccc4)nc(-c4ccccc4)n3)cc(-n3c4ccccc4c4ccccc43)c1)Cc1ccccc12. The molecule has 0 N–H and O–H groups in total. The van der Waals surface area contributed by atoms with Crippen molar-refractivity contribution in [2.24, 2.45) is 0 Å². The Morgan fingerprint density at radius 2 is 1.19 bits per heavy atom. The third-order valence-electron chi connectivity index (χ3n) is 10.5. The van der Waals surface area contributed by atoms with Crippen molar-refractivity contribution < 1.29 is 0 Å². The lowest BCUT2D eigenvalue weighted by molar-refractivity contribution is 0.942. The van der Waals surface area contributed by atoms with E-state index in [9.17, 15) is 0 Å². The highest BCUT2D eigenvalue weighted by atomic mass is 15.0. The summed E-state index contributed by atoms with van der Waals surface area (Å²) in [5.74, 6) is 0.715. The normalized spacial score (nSPS) is 14.6. The van der Waals surface area contributed by atoms with E-state index >= 15 is 0 Å². The molecule has 8 aromatic rings. The maximum Gasteiger partial charge on any atom is 0.160 e. The third kappa shape index (κ3) is 5.30. The van der Waals surface area contributed by atoms with Crippen LogP contribution in [0.15, 0.2) is 181 Å². The molecular weight excluding hydrogens is 631 g/mol. The van der Waals surface area contributed by atoms with Gasteiger partial charge in [-0.1, -0.05) is 140 Å². The highest BCUT2D eigenvalue weighted by Crippen LogP contribution is 2.42. The Hall–Kier alpha value is -6.58. The van der Waals surface area contributed by atoms with E-state index in [1.807, 2.05) is 24.3 Å². The molecule has 0 bridgehead atoms. The molecule has 0 unspecified atom stereocenters. The van der Waals surface area contributed by atoms with E-state index in [1.165, 1.54) is 49.7 Å². The molecule has 2 aromatic heterocycles. The number of hydrogen-bond donors (Lipinski definition) is 0.